The molecule has 0 aliphatic heterocycles. The lowest BCUT2D eigenvalue weighted by atomic mass is 10.1. The summed E-state index contributed by atoms with van der Waals surface area (Å²) in [4.78, 5) is 21.7. The van der Waals surface area contributed by atoms with Gasteiger partial charge in [0.1, 0.15) is 12.4 Å². The zero-order valence-electron chi connectivity index (χ0n) is 11.1. The summed E-state index contributed by atoms with van der Waals surface area (Å²) < 4.78 is 17.5. The molecule has 1 aromatic carbocycles. The molecular formula is C13H17FN2O4. The van der Waals surface area contributed by atoms with E-state index in [1.807, 2.05) is 0 Å². The second kappa shape index (κ2) is 8.11. The van der Waals surface area contributed by atoms with Crippen LogP contribution in [0.25, 0.3) is 0 Å². The number of rotatable bonds is 7. The average molecular weight is 284 g/mol. The van der Waals surface area contributed by atoms with Crippen molar-refractivity contribution in [3.63, 3.8) is 0 Å². The maximum absolute atomic E-state index is 12.8. The van der Waals surface area contributed by atoms with Crippen molar-refractivity contribution in [3.05, 3.63) is 35.6 Å². The fourth-order valence-corrected chi connectivity index (χ4v) is 1.48. The molecule has 0 aliphatic rings. The third-order valence-corrected chi connectivity index (χ3v) is 2.48. The number of carboxylic acids is 1. The van der Waals surface area contributed by atoms with E-state index in [9.17, 15) is 14.0 Å². The van der Waals surface area contributed by atoms with Crippen molar-refractivity contribution in [1.82, 2.24) is 10.6 Å². The lowest BCUT2D eigenvalue weighted by Crippen LogP contribution is -2.38. The number of ether oxygens (including phenoxy) is 1. The van der Waals surface area contributed by atoms with Crippen LogP contribution in [0.15, 0.2) is 24.3 Å². The number of hydrogen-bond acceptors (Lipinski definition) is 3. The van der Waals surface area contributed by atoms with Crippen molar-refractivity contribution in [2.45, 2.75) is 13.0 Å². The summed E-state index contributed by atoms with van der Waals surface area (Å²) in [6.45, 7) is 1.70. The van der Waals surface area contributed by atoms with E-state index >= 15 is 0 Å². The zero-order valence-corrected chi connectivity index (χ0v) is 11.1. The number of carbonyl (C=O) groups is 2. The molecule has 20 heavy (non-hydrogen) atoms. The van der Waals surface area contributed by atoms with Gasteiger partial charge in [-0.3, -0.25) is 0 Å². The monoisotopic (exact) mass is 284 g/mol. The van der Waals surface area contributed by atoms with Crippen molar-refractivity contribution in [3.8, 4) is 0 Å². The molecule has 0 saturated heterocycles. The molecule has 0 aromatic heterocycles. The molecule has 0 spiro atoms. The van der Waals surface area contributed by atoms with Gasteiger partial charge in [-0.2, -0.15) is 0 Å². The number of amides is 2. The fraction of sp³-hybridized carbons (Fsp3) is 0.385. The smallest absolute Gasteiger partial charge is 0.329 e. The first-order chi connectivity index (χ1) is 9.49. The standard InChI is InChI=1S/C13H17FN2O4/c1-9(10-2-4-11(14)5-3-10)16-13(19)15-6-7-20-8-12(17)18/h2-5,9H,6-8H2,1H3,(H,17,18)(H2,15,16,19). The van der Waals surface area contributed by atoms with E-state index in [2.05, 4.69) is 10.6 Å². The second-order valence-corrected chi connectivity index (χ2v) is 4.12. The largest absolute Gasteiger partial charge is 0.480 e. The number of carbonyl (C=O) groups excluding carboxylic acids is 1. The van der Waals surface area contributed by atoms with E-state index < -0.39 is 18.6 Å². The predicted molar refractivity (Wildman–Crippen MR) is 69.8 cm³/mol. The number of halogens is 1. The Morgan fingerprint density at radius 1 is 1.35 bits per heavy atom. The van der Waals surface area contributed by atoms with Crippen LogP contribution in [0.1, 0.15) is 18.5 Å². The molecule has 0 fully saturated rings. The van der Waals surface area contributed by atoms with Crippen LogP contribution in [0, 0.1) is 5.82 Å². The zero-order chi connectivity index (χ0) is 15.0. The van der Waals surface area contributed by atoms with E-state index in [-0.39, 0.29) is 25.0 Å². The number of nitrogens with one attached hydrogen (secondary N) is 2. The van der Waals surface area contributed by atoms with Crippen LogP contribution in [-0.2, 0) is 9.53 Å². The maximum atomic E-state index is 12.8. The number of urea groups is 1. The van der Waals surface area contributed by atoms with Gasteiger partial charge in [-0.05, 0) is 24.6 Å². The minimum absolute atomic E-state index is 0.116. The highest BCUT2D eigenvalue weighted by Gasteiger charge is 2.08. The van der Waals surface area contributed by atoms with Gasteiger partial charge in [-0.25, -0.2) is 14.0 Å². The Balaban J connectivity index is 2.24. The Labute approximate surface area is 115 Å². The Kier molecular flexibility index (Phi) is 6.45. The molecule has 0 radical (unpaired) electrons. The highest BCUT2D eigenvalue weighted by atomic mass is 19.1. The van der Waals surface area contributed by atoms with Gasteiger partial charge in [0.05, 0.1) is 12.6 Å². The molecule has 1 rings (SSSR count). The molecule has 0 saturated carbocycles. The van der Waals surface area contributed by atoms with Crippen molar-refractivity contribution in [1.29, 1.82) is 0 Å². The lowest BCUT2D eigenvalue weighted by Gasteiger charge is -2.15. The maximum Gasteiger partial charge on any atom is 0.329 e. The second-order valence-electron chi connectivity index (χ2n) is 4.12. The van der Waals surface area contributed by atoms with Crippen molar-refractivity contribution >= 4 is 12.0 Å². The molecule has 0 bridgehead atoms. The van der Waals surface area contributed by atoms with Gasteiger partial charge in [-0.1, -0.05) is 12.1 Å². The normalized spacial score (nSPS) is 11.7. The fourth-order valence-electron chi connectivity index (χ4n) is 1.48. The Morgan fingerprint density at radius 2 is 2.00 bits per heavy atom. The molecule has 7 heteroatoms. The molecule has 6 nitrogen and oxygen atoms in total. The highest BCUT2D eigenvalue weighted by Crippen LogP contribution is 2.12. The number of aliphatic carboxylic acids is 1. The molecule has 3 N–H and O–H groups in total. The molecular weight excluding hydrogens is 267 g/mol. The molecule has 1 unspecified atom stereocenters. The van der Waals surface area contributed by atoms with Crippen molar-refractivity contribution in [2.75, 3.05) is 19.8 Å². The molecule has 0 heterocycles. The summed E-state index contributed by atoms with van der Waals surface area (Å²) in [7, 11) is 0. The van der Waals surface area contributed by atoms with E-state index in [1.54, 1.807) is 19.1 Å². The SMILES string of the molecule is CC(NC(=O)NCCOCC(=O)O)c1ccc(F)cc1. The van der Waals surface area contributed by atoms with Gasteiger partial charge in [0.15, 0.2) is 0 Å². The van der Waals surface area contributed by atoms with E-state index in [1.165, 1.54) is 12.1 Å². The van der Waals surface area contributed by atoms with Crippen LogP contribution in [0.3, 0.4) is 0 Å². The van der Waals surface area contributed by atoms with Crippen molar-refractivity contribution < 1.29 is 23.8 Å². The minimum Gasteiger partial charge on any atom is -0.480 e. The summed E-state index contributed by atoms with van der Waals surface area (Å²) in [5.41, 5.74) is 0.781. The molecule has 1 atom stereocenters. The minimum atomic E-state index is -1.06. The van der Waals surface area contributed by atoms with Crippen LogP contribution in [0.5, 0.6) is 0 Å². The van der Waals surface area contributed by atoms with Gasteiger partial charge >= 0.3 is 12.0 Å². The quantitative estimate of drug-likeness (QED) is 0.658. The summed E-state index contributed by atoms with van der Waals surface area (Å²) >= 11 is 0. The van der Waals surface area contributed by atoms with Crippen LogP contribution in [0.4, 0.5) is 9.18 Å². The molecule has 0 aliphatic carbocycles. The summed E-state index contributed by atoms with van der Waals surface area (Å²) in [6, 6.07) is 5.17. The third kappa shape index (κ3) is 6.14. The van der Waals surface area contributed by atoms with Gasteiger partial charge in [0.25, 0.3) is 0 Å². The van der Waals surface area contributed by atoms with Gasteiger partial charge < -0.3 is 20.5 Å². The first-order valence-corrected chi connectivity index (χ1v) is 6.08. The Bertz CT molecular complexity index is 450. The highest BCUT2D eigenvalue weighted by molar-refractivity contribution is 5.74. The molecule has 110 valence electrons. The van der Waals surface area contributed by atoms with E-state index in [0.717, 1.165) is 5.56 Å². The van der Waals surface area contributed by atoms with E-state index in [4.69, 9.17) is 9.84 Å². The summed E-state index contributed by atoms with van der Waals surface area (Å²) in [5, 5.41) is 13.5. The van der Waals surface area contributed by atoms with Gasteiger partial charge in [0, 0.05) is 6.54 Å². The number of benzene rings is 1. The topological polar surface area (TPSA) is 87.7 Å². The number of hydrogen-bond donors (Lipinski definition) is 3. The van der Waals surface area contributed by atoms with Crippen LogP contribution in [-0.4, -0.2) is 36.9 Å². The number of carboxylic acid groups (broad SMARTS) is 1. The summed E-state index contributed by atoms with van der Waals surface area (Å²) in [5.74, 6) is -1.39. The Hall–Kier alpha value is -2.15. The Morgan fingerprint density at radius 3 is 2.60 bits per heavy atom. The first-order valence-electron chi connectivity index (χ1n) is 6.08. The van der Waals surface area contributed by atoms with Crippen LogP contribution in [0.2, 0.25) is 0 Å². The average Bonchev–Trinajstić information content (AvgIpc) is 2.38. The third-order valence-electron chi connectivity index (χ3n) is 2.48. The van der Waals surface area contributed by atoms with Gasteiger partial charge in [-0.15, -0.1) is 0 Å². The van der Waals surface area contributed by atoms with E-state index in [0.29, 0.717) is 0 Å². The molecule has 2 amide bonds. The first kappa shape index (κ1) is 15.9. The van der Waals surface area contributed by atoms with Gasteiger partial charge in [0.2, 0.25) is 0 Å². The molecule has 1 aromatic rings. The summed E-state index contributed by atoms with van der Waals surface area (Å²) in [6.07, 6.45) is 0. The van der Waals surface area contributed by atoms with Crippen molar-refractivity contribution in [2.24, 2.45) is 0 Å². The predicted octanol–water partition coefficient (Wildman–Crippen LogP) is 1.29. The van der Waals surface area contributed by atoms with Crippen LogP contribution >= 0.6 is 0 Å². The van der Waals surface area contributed by atoms with Crippen LogP contribution < -0.4 is 10.6 Å². The lowest BCUT2D eigenvalue weighted by molar-refractivity contribution is -0.142.